The zero-order valence-corrected chi connectivity index (χ0v) is 8.61. The second-order valence-electron chi connectivity index (χ2n) is 3.98. The van der Waals surface area contributed by atoms with Crippen molar-refractivity contribution < 1.29 is 9.53 Å². The number of ketones is 1. The van der Waals surface area contributed by atoms with E-state index in [0.717, 1.165) is 13.0 Å². The maximum Gasteiger partial charge on any atom is 0.163 e. The summed E-state index contributed by atoms with van der Waals surface area (Å²) in [5, 5.41) is 0. The number of Topliss-reactive ketones (excluding diaryl/α,β-unsaturated/α-hetero) is 1. The van der Waals surface area contributed by atoms with Gasteiger partial charge in [-0.1, -0.05) is 12.1 Å². The molecular weight excluding hydrogens is 190 g/mol. The highest BCUT2D eigenvalue weighted by Crippen LogP contribution is 2.19. The smallest absolute Gasteiger partial charge is 0.163 e. The third-order valence-corrected chi connectivity index (χ3v) is 2.71. The average Bonchev–Trinajstić information content (AvgIpc) is 2.70. The Labute approximate surface area is 89.2 Å². The highest BCUT2D eigenvalue weighted by Gasteiger charge is 2.19. The average molecular weight is 205 g/mol. The van der Waals surface area contributed by atoms with Gasteiger partial charge in [-0.15, -0.1) is 0 Å². The van der Waals surface area contributed by atoms with Crippen molar-refractivity contribution in [3.63, 3.8) is 0 Å². The minimum Gasteiger partial charge on any atom is -0.399 e. The van der Waals surface area contributed by atoms with Crippen molar-refractivity contribution in [3.8, 4) is 0 Å². The number of nitrogens with two attached hydrogens (primary N) is 1. The Morgan fingerprint density at radius 1 is 1.53 bits per heavy atom. The summed E-state index contributed by atoms with van der Waals surface area (Å²) in [4.78, 5) is 11.8. The Bertz CT molecular complexity index is 356. The lowest BCUT2D eigenvalue weighted by molar-refractivity contribution is 0.0953. The first kappa shape index (κ1) is 10.2. The van der Waals surface area contributed by atoms with Crippen molar-refractivity contribution in [2.45, 2.75) is 12.8 Å². The molecule has 1 aliphatic rings. The van der Waals surface area contributed by atoms with Gasteiger partial charge in [-0.2, -0.15) is 0 Å². The van der Waals surface area contributed by atoms with Crippen LogP contribution >= 0.6 is 0 Å². The van der Waals surface area contributed by atoms with Gasteiger partial charge in [-0.25, -0.2) is 0 Å². The second-order valence-corrected chi connectivity index (χ2v) is 3.98. The summed E-state index contributed by atoms with van der Waals surface area (Å²) in [7, 11) is 0. The number of hydrogen-bond acceptors (Lipinski definition) is 3. The molecule has 0 saturated carbocycles. The molecule has 0 spiro atoms. The Morgan fingerprint density at radius 2 is 2.40 bits per heavy atom. The molecule has 15 heavy (non-hydrogen) atoms. The van der Waals surface area contributed by atoms with E-state index < -0.39 is 0 Å². The SMILES string of the molecule is Nc1cccc(C(=O)CC2CCOC2)c1. The third kappa shape index (κ3) is 2.57. The number of rotatable bonds is 3. The van der Waals surface area contributed by atoms with Crippen molar-refractivity contribution in [1.29, 1.82) is 0 Å². The van der Waals surface area contributed by atoms with Gasteiger partial charge in [0.25, 0.3) is 0 Å². The van der Waals surface area contributed by atoms with E-state index in [4.69, 9.17) is 10.5 Å². The zero-order valence-electron chi connectivity index (χ0n) is 8.61. The molecule has 0 aromatic heterocycles. The molecule has 1 aliphatic heterocycles. The molecule has 80 valence electrons. The standard InChI is InChI=1S/C12H15NO2/c13-11-3-1-2-10(7-11)12(14)6-9-4-5-15-8-9/h1-3,7,9H,4-6,8,13H2. The first-order valence-corrected chi connectivity index (χ1v) is 5.22. The van der Waals surface area contributed by atoms with Gasteiger partial charge in [0.15, 0.2) is 5.78 Å². The van der Waals surface area contributed by atoms with Gasteiger partial charge < -0.3 is 10.5 Å². The summed E-state index contributed by atoms with van der Waals surface area (Å²) >= 11 is 0. The Balaban J connectivity index is 2.01. The van der Waals surface area contributed by atoms with Gasteiger partial charge in [0.1, 0.15) is 0 Å². The van der Waals surface area contributed by atoms with Crippen molar-refractivity contribution in [2.75, 3.05) is 18.9 Å². The van der Waals surface area contributed by atoms with Crippen LogP contribution in [0.5, 0.6) is 0 Å². The van der Waals surface area contributed by atoms with Gasteiger partial charge in [-0.3, -0.25) is 4.79 Å². The number of carbonyl (C=O) groups excluding carboxylic acids is 1. The number of nitrogen functional groups attached to an aromatic ring is 1. The van der Waals surface area contributed by atoms with Gasteiger partial charge in [-0.05, 0) is 24.5 Å². The maximum atomic E-state index is 11.8. The van der Waals surface area contributed by atoms with Gasteiger partial charge in [0.05, 0.1) is 0 Å². The molecule has 1 fully saturated rings. The highest BCUT2D eigenvalue weighted by atomic mass is 16.5. The van der Waals surface area contributed by atoms with Gasteiger partial charge in [0, 0.05) is 30.9 Å². The molecule has 0 bridgehead atoms. The first-order chi connectivity index (χ1) is 7.25. The topological polar surface area (TPSA) is 52.3 Å². The molecule has 3 heteroatoms. The molecule has 1 atom stereocenters. The Kier molecular flexibility index (Phi) is 3.02. The molecule has 0 amide bonds. The minimum absolute atomic E-state index is 0.165. The maximum absolute atomic E-state index is 11.8. The molecule has 1 saturated heterocycles. The van der Waals surface area contributed by atoms with E-state index >= 15 is 0 Å². The minimum atomic E-state index is 0.165. The van der Waals surface area contributed by atoms with Crippen LogP contribution in [0.1, 0.15) is 23.2 Å². The zero-order chi connectivity index (χ0) is 10.7. The van der Waals surface area contributed by atoms with E-state index in [1.165, 1.54) is 0 Å². The van der Waals surface area contributed by atoms with Gasteiger partial charge in [0.2, 0.25) is 0 Å². The van der Waals surface area contributed by atoms with Crippen LogP contribution in [-0.4, -0.2) is 19.0 Å². The fraction of sp³-hybridized carbons (Fsp3) is 0.417. The van der Waals surface area contributed by atoms with Crippen molar-refractivity contribution in [1.82, 2.24) is 0 Å². The van der Waals surface area contributed by atoms with Crippen molar-refractivity contribution in [3.05, 3.63) is 29.8 Å². The van der Waals surface area contributed by atoms with Crippen LogP contribution in [0.2, 0.25) is 0 Å². The fourth-order valence-corrected chi connectivity index (χ4v) is 1.84. The van der Waals surface area contributed by atoms with Crippen molar-refractivity contribution >= 4 is 11.5 Å². The summed E-state index contributed by atoms with van der Waals surface area (Å²) in [6.07, 6.45) is 1.57. The van der Waals surface area contributed by atoms with Crippen LogP contribution in [0.3, 0.4) is 0 Å². The summed E-state index contributed by atoms with van der Waals surface area (Å²) in [5.74, 6) is 0.553. The Hall–Kier alpha value is -1.35. The predicted molar refractivity (Wildman–Crippen MR) is 58.7 cm³/mol. The number of benzene rings is 1. The number of anilines is 1. The summed E-state index contributed by atoms with van der Waals surface area (Å²) in [5.41, 5.74) is 6.98. The normalized spacial score (nSPS) is 20.4. The summed E-state index contributed by atoms with van der Waals surface area (Å²) in [6, 6.07) is 7.15. The van der Waals surface area contributed by atoms with Crippen molar-refractivity contribution in [2.24, 2.45) is 5.92 Å². The van der Waals surface area contributed by atoms with E-state index in [1.54, 1.807) is 12.1 Å². The van der Waals surface area contributed by atoms with E-state index in [9.17, 15) is 4.79 Å². The summed E-state index contributed by atoms with van der Waals surface area (Å²) in [6.45, 7) is 1.50. The molecule has 0 radical (unpaired) electrons. The number of ether oxygens (including phenoxy) is 1. The molecule has 0 aliphatic carbocycles. The van der Waals surface area contributed by atoms with Crippen LogP contribution in [-0.2, 0) is 4.74 Å². The van der Waals surface area contributed by atoms with Gasteiger partial charge >= 0.3 is 0 Å². The van der Waals surface area contributed by atoms with E-state index in [1.807, 2.05) is 12.1 Å². The van der Waals surface area contributed by atoms with Crippen LogP contribution in [0, 0.1) is 5.92 Å². The molecular formula is C12H15NO2. The molecule has 3 nitrogen and oxygen atoms in total. The van der Waals surface area contributed by atoms with Crippen LogP contribution in [0.15, 0.2) is 24.3 Å². The molecule has 1 unspecified atom stereocenters. The number of carbonyl (C=O) groups is 1. The fourth-order valence-electron chi connectivity index (χ4n) is 1.84. The molecule has 1 heterocycles. The van der Waals surface area contributed by atoms with E-state index in [0.29, 0.717) is 30.2 Å². The largest absolute Gasteiger partial charge is 0.399 e. The highest BCUT2D eigenvalue weighted by molar-refractivity contribution is 5.96. The second kappa shape index (κ2) is 4.45. The van der Waals surface area contributed by atoms with E-state index in [-0.39, 0.29) is 5.78 Å². The van der Waals surface area contributed by atoms with Crippen LogP contribution in [0.4, 0.5) is 5.69 Å². The monoisotopic (exact) mass is 205 g/mol. The van der Waals surface area contributed by atoms with E-state index in [2.05, 4.69) is 0 Å². The third-order valence-electron chi connectivity index (χ3n) is 2.71. The lowest BCUT2D eigenvalue weighted by Gasteiger charge is -2.06. The molecule has 2 rings (SSSR count). The van der Waals surface area contributed by atoms with Crippen LogP contribution < -0.4 is 5.73 Å². The predicted octanol–water partition coefficient (Wildman–Crippen LogP) is 1.88. The van der Waals surface area contributed by atoms with Crippen LogP contribution in [0.25, 0.3) is 0 Å². The molecule has 2 N–H and O–H groups in total. The lowest BCUT2D eigenvalue weighted by atomic mass is 9.97. The summed E-state index contributed by atoms with van der Waals surface area (Å²) < 4.78 is 5.24. The lowest BCUT2D eigenvalue weighted by Crippen LogP contribution is -2.08. The Morgan fingerprint density at radius 3 is 3.07 bits per heavy atom. The molecule has 1 aromatic rings. The number of hydrogen-bond donors (Lipinski definition) is 1. The molecule has 1 aromatic carbocycles. The first-order valence-electron chi connectivity index (χ1n) is 5.22. The quantitative estimate of drug-likeness (QED) is 0.605.